The van der Waals surface area contributed by atoms with Gasteiger partial charge in [-0.3, -0.25) is 0 Å². The van der Waals surface area contributed by atoms with E-state index in [1.165, 1.54) is 11.1 Å². The molecule has 3 heteroatoms. The lowest BCUT2D eigenvalue weighted by atomic mass is 10.0. The number of nitrogens with two attached hydrogens (primary N) is 1. The normalized spacial score (nSPS) is 12.6. The third-order valence-electron chi connectivity index (χ3n) is 2.57. The number of rotatable bonds is 4. The van der Waals surface area contributed by atoms with Crippen LogP contribution >= 0.6 is 11.3 Å². The van der Waals surface area contributed by atoms with E-state index in [1.54, 1.807) is 11.3 Å². The van der Waals surface area contributed by atoms with Gasteiger partial charge in [0.05, 0.1) is 11.2 Å². The maximum atomic E-state index is 6.10. The second-order valence-electron chi connectivity index (χ2n) is 4.13. The van der Waals surface area contributed by atoms with E-state index in [4.69, 9.17) is 5.73 Å². The first kappa shape index (κ1) is 11.3. The fourth-order valence-electron chi connectivity index (χ4n) is 1.71. The second kappa shape index (κ2) is 5.23. The first-order valence-electron chi connectivity index (χ1n) is 5.42. The highest BCUT2D eigenvalue weighted by Crippen LogP contribution is 2.09. The maximum Gasteiger partial charge on any atom is 0.0794 e. The molecule has 0 spiro atoms. The van der Waals surface area contributed by atoms with Crippen molar-refractivity contribution in [3.63, 3.8) is 0 Å². The van der Waals surface area contributed by atoms with Crippen LogP contribution in [0.15, 0.2) is 35.2 Å². The molecule has 0 aliphatic rings. The van der Waals surface area contributed by atoms with Crippen molar-refractivity contribution < 1.29 is 0 Å². The van der Waals surface area contributed by atoms with E-state index < -0.39 is 0 Å². The summed E-state index contributed by atoms with van der Waals surface area (Å²) in [5.74, 6) is 0. The largest absolute Gasteiger partial charge is 0.327 e. The average Bonchev–Trinajstić information content (AvgIpc) is 2.74. The number of thiazole rings is 1. The fraction of sp³-hybridized carbons (Fsp3) is 0.308. The zero-order valence-corrected chi connectivity index (χ0v) is 10.2. The monoisotopic (exact) mass is 232 g/mol. The maximum absolute atomic E-state index is 6.10. The number of aryl methyl sites for hydroxylation is 1. The predicted molar refractivity (Wildman–Crippen MR) is 68.7 cm³/mol. The Kier molecular flexibility index (Phi) is 3.70. The van der Waals surface area contributed by atoms with E-state index in [0.717, 1.165) is 18.5 Å². The highest BCUT2D eigenvalue weighted by molar-refractivity contribution is 7.07. The SMILES string of the molecule is Cc1ccc(CC(N)Cc2cscn2)cc1. The molecule has 0 radical (unpaired) electrons. The molecular formula is C13H16N2S. The van der Waals surface area contributed by atoms with Gasteiger partial charge in [-0.05, 0) is 18.9 Å². The van der Waals surface area contributed by atoms with Gasteiger partial charge in [0.2, 0.25) is 0 Å². The minimum atomic E-state index is 0.157. The number of aromatic nitrogens is 1. The summed E-state index contributed by atoms with van der Waals surface area (Å²) in [5, 5.41) is 2.06. The minimum Gasteiger partial charge on any atom is -0.327 e. The van der Waals surface area contributed by atoms with Gasteiger partial charge < -0.3 is 5.73 Å². The van der Waals surface area contributed by atoms with Gasteiger partial charge in [0.15, 0.2) is 0 Å². The number of benzene rings is 1. The van der Waals surface area contributed by atoms with Gasteiger partial charge in [-0.1, -0.05) is 29.8 Å². The van der Waals surface area contributed by atoms with E-state index in [9.17, 15) is 0 Å². The summed E-state index contributed by atoms with van der Waals surface area (Å²) in [6.45, 7) is 2.10. The summed E-state index contributed by atoms with van der Waals surface area (Å²) < 4.78 is 0. The summed E-state index contributed by atoms with van der Waals surface area (Å²) in [6, 6.07) is 8.72. The molecule has 1 aromatic carbocycles. The molecule has 84 valence electrons. The standard InChI is InChI=1S/C13H16N2S/c1-10-2-4-11(5-3-10)6-12(14)7-13-8-16-9-15-13/h2-5,8-9,12H,6-7,14H2,1H3. The molecule has 0 aliphatic heterocycles. The van der Waals surface area contributed by atoms with Gasteiger partial charge in [-0.2, -0.15) is 0 Å². The van der Waals surface area contributed by atoms with Crippen LogP contribution in [0.4, 0.5) is 0 Å². The minimum absolute atomic E-state index is 0.157. The van der Waals surface area contributed by atoms with Crippen LogP contribution in [0.3, 0.4) is 0 Å². The van der Waals surface area contributed by atoms with Crippen molar-refractivity contribution >= 4 is 11.3 Å². The van der Waals surface area contributed by atoms with E-state index in [-0.39, 0.29) is 6.04 Å². The van der Waals surface area contributed by atoms with Crippen molar-refractivity contribution in [3.05, 3.63) is 52.0 Å². The predicted octanol–water partition coefficient (Wildman–Crippen LogP) is 2.56. The second-order valence-corrected chi connectivity index (χ2v) is 4.85. The summed E-state index contributed by atoms with van der Waals surface area (Å²) in [4.78, 5) is 4.25. The number of nitrogens with zero attached hydrogens (tertiary/aromatic N) is 1. The quantitative estimate of drug-likeness (QED) is 0.880. The Morgan fingerprint density at radius 2 is 2.00 bits per heavy atom. The molecule has 2 N–H and O–H groups in total. The molecule has 1 unspecified atom stereocenters. The van der Waals surface area contributed by atoms with E-state index >= 15 is 0 Å². The highest BCUT2D eigenvalue weighted by Gasteiger charge is 2.06. The Bertz CT molecular complexity index is 420. The van der Waals surface area contributed by atoms with Gasteiger partial charge in [-0.25, -0.2) is 4.98 Å². The molecule has 2 rings (SSSR count). The molecule has 2 aromatic rings. The zero-order valence-electron chi connectivity index (χ0n) is 9.39. The number of hydrogen-bond acceptors (Lipinski definition) is 3. The Hall–Kier alpha value is -1.19. The Morgan fingerprint density at radius 1 is 1.25 bits per heavy atom. The number of hydrogen-bond donors (Lipinski definition) is 1. The Balaban J connectivity index is 1.92. The van der Waals surface area contributed by atoms with E-state index in [0.29, 0.717) is 0 Å². The molecule has 0 amide bonds. The smallest absolute Gasteiger partial charge is 0.0794 e. The molecule has 0 fully saturated rings. The molecule has 16 heavy (non-hydrogen) atoms. The lowest BCUT2D eigenvalue weighted by molar-refractivity contribution is 0.656. The first-order valence-corrected chi connectivity index (χ1v) is 6.36. The Labute approximate surface area is 100 Å². The molecule has 1 atom stereocenters. The van der Waals surface area contributed by atoms with Crippen LogP contribution in [-0.2, 0) is 12.8 Å². The van der Waals surface area contributed by atoms with E-state index in [2.05, 4.69) is 41.6 Å². The molecule has 1 heterocycles. The van der Waals surface area contributed by atoms with Crippen molar-refractivity contribution in [2.75, 3.05) is 0 Å². The van der Waals surface area contributed by atoms with Crippen LogP contribution in [0.5, 0.6) is 0 Å². The molecule has 0 saturated heterocycles. The lowest BCUT2D eigenvalue weighted by Gasteiger charge is -2.10. The van der Waals surface area contributed by atoms with Crippen LogP contribution < -0.4 is 5.73 Å². The van der Waals surface area contributed by atoms with Gasteiger partial charge in [0.25, 0.3) is 0 Å². The molecule has 1 aromatic heterocycles. The van der Waals surface area contributed by atoms with Crippen molar-refractivity contribution in [1.29, 1.82) is 0 Å². The topological polar surface area (TPSA) is 38.9 Å². The third kappa shape index (κ3) is 3.15. The van der Waals surface area contributed by atoms with Gasteiger partial charge in [0.1, 0.15) is 0 Å². The van der Waals surface area contributed by atoms with Crippen LogP contribution in [0.1, 0.15) is 16.8 Å². The van der Waals surface area contributed by atoms with Gasteiger partial charge >= 0.3 is 0 Å². The van der Waals surface area contributed by atoms with Crippen molar-refractivity contribution in [2.24, 2.45) is 5.73 Å². The van der Waals surface area contributed by atoms with Gasteiger partial charge in [0, 0.05) is 17.8 Å². The molecule has 2 nitrogen and oxygen atoms in total. The third-order valence-corrected chi connectivity index (χ3v) is 3.21. The molecule has 0 bridgehead atoms. The summed E-state index contributed by atoms with van der Waals surface area (Å²) in [6.07, 6.45) is 1.77. The molecule has 0 saturated carbocycles. The zero-order chi connectivity index (χ0) is 11.4. The van der Waals surface area contributed by atoms with E-state index in [1.807, 2.05) is 5.51 Å². The van der Waals surface area contributed by atoms with Crippen molar-refractivity contribution in [3.8, 4) is 0 Å². The average molecular weight is 232 g/mol. The summed E-state index contributed by atoms with van der Waals surface area (Å²) in [5.41, 5.74) is 11.6. The summed E-state index contributed by atoms with van der Waals surface area (Å²) >= 11 is 1.62. The van der Waals surface area contributed by atoms with Crippen LogP contribution in [0, 0.1) is 6.92 Å². The lowest BCUT2D eigenvalue weighted by Crippen LogP contribution is -2.25. The highest BCUT2D eigenvalue weighted by atomic mass is 32.1. The molecular weight excluding hydrogens is 216 g/mol. The fourth-order valence-corrected chi connectivity index (χ4v) is 2.28. The summed E-state index contributed by atoms with van der Waals surface area (Å²) in [7, 11) is 0. The van der Waals surface area contributed by atoms with Crippen molar-refractivity contribution in [2.45, 2.75) is 25.8 Å². The van der Waals surface area contributed by atoms with Crippen molar-refractivity contribution in [1.82, 2.24) is 4.98 Å². The van der Waals surface area contributed by atoms with Crippen LogP contribution in [0.25, 0.3) is 0 Å². The first-order chi connectivity index (χ1) is 7.74. The van der Waals surface area contributed by atoms with Crippen LogP contribution in [-0.4, -0.2) is 11.0 Å². The van der Waals surface area contributed by atoms with Gasteiger partial charge in [-0.15, -0.1) is 11.3 Å². The Morgan fingerprint density at radius 3 is 2.62 bits per heavy atom. The van der Waals surface area contributed by atoms with Crippen LogP contribution in [0.2, 0.25) is 0 Å². The molecule has 0 aliphatic carbocycles.